The molecule has 1 aromatic carbocycles. The van der Waals surface area contributed by atoms with Crippen LogP contribution in [0.25, 0.3) is 6.08 Å². The van der Waals surface area contributed by atoms with Crippen molar-refractivity contribution in [3.05, 3.63) is 58.8 Å². The molecule has 10 heteroatoms. The zero-order valence-electron chi connectivity index (χ0n) is 15.9. The van der Waals surface area contributed by atoms with E-state index >= 15 is 0 Å². The molecule has 1 aromatic heterocycles. The lowest BCUT2D eigenvalue weighted by Crippen LogP contribution is -2.57. The largest absolute Gasteiger partial charge is 0.394 e. The molecule has 0 spiro atoms. The second-order valence-electron chi connectivity index (χ2n) is 6.86. The van der Waals surface area contributed by atoms with E-state index in [0.717, 1.165) is 17.3 Å². The molecule has 2 saturated heterocycles. The molecule has 3 heterocycles. The van der Waals surface area contributed by atoms with Gasteiger partial charge in [0, 0.05) is 19.3 Å². The summed E-state index contributed by atoms with van der Waals surface area (Å²) in [7, 11) is 0. The molecule has 3 amide bonds. The van der Waals surface area contributed by atoms with Gasteiger partial charge in [-0.15, -0.1) is 0 Å². The monoisotopic (exact) mass is 425 g/mol. The minimum absolute atomic E-state index is 0.0804. The summed E-state index contributed by atoms with van der Waals surface area (Å²) in [6.45, 7) is 0.698. The maximum atomic E-state index is 12.8. The lowest BCUT2D eigenvalue weighted by atomic mass is 10.1. The molecule has 2 N–H and O–H groups in total. The number of hydrogen-bond donors (Lipinski definition) is 2. The highest BCUT2D eigenvalue weighted by Crippen LogP contribution is 2.25. The van der Waals surface area contributed by atoms with Crippen molar-refractivity contribution < 1.29 is 19.5 Å². The maximum absolute atomic E-state index is 12.8. The van der Waals surface area contributed by atoms with Crippen molar-refractivity contribution in [1.29, 1.82) is 0 Å². The molecule has 4 rings (SSSR count). The third-order valence-corrected chi connectivity index (χ3v) is 5.60. The van der Waals surface area contributed by atoms with Crippen LogP contribution in [-0.2, 0) is 16.1 Å². The van der Waals surface area contributed by atoms with Gasteiger partial charge < -0.3 is 14.9 Å². The fourth-order valence-electron chi connectivity index (χ4n) is 3.33. The molecule has 0 saturated carbocycles. The van der Waals surface area contributed by atoms with Gasteiger partial charge in [-0.1, -0.05) is 30.3 Å². The summed E-state index contributed by atoms with van der Waals surface area (Å²) in [5.41, 5.74) is 1.44. The topological polar surface area (TPSA) is 116 Å². The summed E-state index contributed by atoms with van der Waals surface area (Å²) in [5.74, 6) is -0.270. The molecule has 0 unspecified atom stereocenters. The van der Waals surface area contributed by atoms with Crippen molar-refractivity contribution in [3.8, 4) is 0 Å². The zero-order valence-corrected chi connectivity index (χ0v) is 16.7. The van der Waals surface area contributed by atoms with Crippen molar-refractivity contribution in [2.24, 2.45) is 0 Å². The lowest BCUT2D eigenvalue weighted by molar-refractivity contribution is -0.135. The van der Waals surface area contributed by atoms with E-state index < -0.39 is 17.2 Å². The van der Waals surface area contributed by atoms with Gasteiger partial charge in [0.1, 0.15) is 6.54 Å². The van der Waals surface area contributed by atoms with Crippen LogP contribution >= 0.6 is 11.8 Å². The van der Waals surface area contributed by atoms with Gasteiger partial charge in [0.25, 0.3) is 11.1 Å². The van der Waals surface area contributed by atoms with Gasteiger partial charge in [-0.3, -0.25) is 19.7 Å². The normalized spacial score (nSPS) is 20.8. The summed E-state index contributed by atoms with van der Waals surface area (Å²) in [6, 6.07) is 10.8. The second kappa shape index (κ2) is 8.64. The molecule has 0 aliphatic carbocycles. The number of carbonyl (C=O) groups is 3. The van der Waals surface area contributed by atoms with E-state index in [9.17, 15) is 19.5 Å². The number of aliphatic hydroxyl groups is 1. The fraction of sp³-hybridized carbons (Fsp3) is 0.250. The smallest absolute Gasteiger partial charge is 0.290 e. The molecule has 154 valence electrons. The minimum atomic E-state index is -0.463. The number of hydrogen-bond acceptors (Lipinski definition) is 8. The molecule has 2 aromatic rings. The number of imide groups is 1. The highest BCUT2D eigenvalue weighted by atomic mass is 32.2. The van der Waals surface area contributed by atoms with Crippen LogP contribution in [0.2, 0.25) is 0 Å². The van der Waals surface area contributed by atoms with Crippen LogP contribution < -0.4 is 10.2 Å². The molecule has 0 radical (unpaired) electrons. The molecular formula is C20H19N5O4S. The van der Waals surface area contributed by atoms with Gasteiger partial charge in [0.2, 0.25) is 11.9 Å². The zero-order chi connectivity index (χ0) is 21.1. The minimum Gasteiger partial charge on any atom is -0.394 e. The number of thioether (sulfide) groups is 1. The van der Waals surface area contributed by atoms with Gasteiger partial charge in [0.15, 0.2) is 0 Å². The van der Waals surface area contributed by atoms with Crippen LogP contribution in [0, 0.1) is 0 Å². The molecule has 2 aliphatic heterocycles. The van der Waals surface area contributed by atoms with Crippen molar-refractivity contribution in [2.45, 2.75) is 12.6 Å². The molecule has 2 fully saturated rings. The number of benzene rings is 1. The third-order valence-electron chi connectivity index (χ3n) is 4.79. The molecular weight excluding hydrogens is 406 g/mol. The number of amides is 3. The Morgan fingerprint density at radius 2 is 2.00 bits per heavy atom. The first-order chi connectivity index (χ1) is 14.5. The molecule has 9 nitrogen and oxygen atoms in total. The van der Waals surface area contributed by atoms with Crippen molar-refractivity contribution in [2.75, 3.05) is 24.6 Å². The predicted molar refractivity (Wildman–Crippen MR) is 111 cm³/mol. The van der Waals surface area contributed by atoms with Crippen LogP contribution in [0.4, 0.5) is 10.7 Å². The number of piperazine rings is 1. The first-order valence-corrected chi connectivity index (χ1v) is 10.1. The van der Waals surface area contributed by atoms with Crippen LogP contribution in [0.15, 0.2) is 47.5 Å². The number of aromatic nitrogens is 2. The first-order valence-electron chi connectivity index (χ1n) is 9.30. The van der Waals surface area contributed by atoms with Gasteiger partial charge in [-0.25, -0.2) is 9.97 Å². The van der Waals surface area contributed by atoms with Crippen molar-refractivity contribution in [1.82, 2.24) is 20.2 Å². The van der Waals surface area contributed by atoms with Gasteiger partial charge in [0.05, 0.1) is 23.2 Å². The lowest BCUT2D eigenvalue weighted by Gasteiger charge is -2.40. The number of carbonyl (C=O) groups excluding carboxylic acids is 3. The average Bonchev–Trinajstić information content (AvgIpc) is 3.06. The number of aliphatic hydroxyl groups excluding tert-OH is 1. The van der Waals surface area contributed by atoms with Gasteiger partial charge in [-0.2, -0.15) is 0 Å². The number of nitrogens with one attached hydrogen (secondary N) is 1. The van der Waals surface area contributed by atoms with Crippen LogP contribution in [0.1, 0.15) is 11.3 Å². The fourth-order valence-corrected chi connectivity index (χ4v) is 4.00. The summed E-state index contributed by atoms with van der Waals surface area (Å²) in [6.07, 6.45) is 3.04. The molecule has 30 heavy (non-hydrogen) atoms. The third kappa shape index (κ3) is 4.34. The Balaban J connectivity index is 1.51. The Morgan fingerprint density at radius 1 is 1.20 bits per heavy atom. The number of nitrogens with zero attached hydrogens (tertiary/aromatic N) is 4. The number of rotatable bonds is 5. The first kappa shape index (κ1) is 20.0. The Labute approximate surface area is 176 Å². The Kier molecular flexibility index (Phi) is 5.77. The quantitative estimate of drug-likeness (QED) is 0.682. The van der Waals surface area contributed by atoms with Gasteiger partial charge in [-0.05, 0) is 29.5 Å². The predicted octanol–water partition coefficient (Wildman–Crippen LogP) is 1.01. The SMILES string of the molecule is O=C1NC(=O)C(=Cc2ccnc(N3CC(=O)N(Cc4ccccc4)[C@@H](CO)C3)n2)S1. The molecule has 2 aliphatic rings. The Bertz CT molecular complexity index is 1010. The van der Waals surface area contributed by atoms with E-state index in [0.29, 0.717) is 24.7 Å². The summed E-state index contributed by atoms with van der Waals surface area (Å²) >= 11 is 0.809. The van der Waals surface area contributed by atoms with E-state index in [-0.39, 0.29) is 24.0 Å². The van der Waals surface area contributed by atoms with Crippen molar-refractivity contribution >= 4 is 40.8 Å². The molecule has 0 bridgehead atoms. The average molecular weight is 425 g/mol. The van der Waals surface area contributed by atoms with E-state index in [1.165, 1.54) is 12.3 Å². The Morgan fingerprint density at radius 3 is 2.70 bits per heavy atom. The van der Waals surface area contributed by atoms with Crippen LogP contribution in [0.3, 0.4) is 0 Å². The standard InChI is InChI=1S/C20H19N5O4S/c26-12-15-10-24(11-17(27)25(15)9-13-4-2-1-3-5-13)19-21-7-6-14(22-19)8-16-18(28)23-20(29)30-16/h1-8,15,26H,9-12H2,(H,23,28,29)/t15-/m1/s1. The van der Waals surface area contributed by atoms with E-state index in [2.05, 4.69) is 15.3 Å². The highest BCUT2D eigenvalue weighted by molar-refractivity contribution is 8.18. The Hall–Kier alpha value is -3.24. The van der Waals surface area contributed by atoms with Crippen LogP contribution in [0.5, 0.6) is 0 Å². The summed E-state index contributed by atoms with van der Waals surface area (Å²) in [4.78, 5) is 48.1. The maximum Gasteiger partial charge on any atom is 0.290 e. The molecule has 1 atom stereocenters. The summed E-state index contributed by atoms with van der Waals surface area (Å²) < 4.78 is 0. The number of anilines is 1. The van der Waals surface area contributed by atoms with E-state index in [1.54, 1.807) is 15.9 Å². The summed E-state index contributed by atoms with van der Waals surface area (Å²) in [5, 5.41) is 11.6. The van der Waals surface area contributed by atoms with Crippen LogP contribution in [-0.4, -0.2) is 62.8 Å². The van der Waals surface area contributed by atoms with Crippen molar-refractivity contribution in [3.63, 3.8) is 0 Å². The highest BCUT2D eigenvalue weighted by Gasteiger charge is 2.33. The van der Waals surface area contributed by atoms with E-state index in [4.69, 9.17) is 0 Å². The second-order valence-corrected chi connectivity index (χ2v) is 7.87. The van der Waals surface area contributed by atoms with E-state index in [1.807, 2.05) is 30.3 Å². The van der Waals surface area contributed by atoms with Gasteiger partial charge >= 0.3 is 0 Å².